The van der Waals surface area contributed by atoms with Crippen LogP contribution in [0.3, 0.4) is 0 Å². The van der Waals surface area contributed by atoms with E-state index >= 15 is 0 Å². The summed E-state index contributed by atoms with van der Waals surface area (Å²) in [5.41, 5.74) is 0. The van der Waals surface area contributed by atoms with Crippen LogP contribution in [-0.2, 0) is 4.79 Å². The first-order chi connectivity index (χ1) is 8.42. The molecule has 0 saturated heterocycles. The smallest absolute Gasteiger partial charge is 0.321 e. The van der Waals surface area contributed by atoms with Gasteiger partial charge in [-0.05, 0) is 13.8 Å². The highest BCUT2D eigenvalue weighted by molar-refractivity contribution is 5.96. The maximum atomic E-state index is 12.3. The highest BCUT2D eigenvalue weighted by Gasteiger charge is 2.24. The van der Waals surface area contributed by atoms with Gasteiger partial charge in [0.2, 0.25) is 5.91 Å². The molecule has 3 N–H and O–H groups in total. The highest BCUT2D eigenvalue weighted by Crippen LogP contribution is 2.04. The Morgan fingerprint density at radius 2 is 2.00 bits per heavy atom. The molecule has 0 aliphatic carbocycles. The van der Waals surface area contributed by atoms with Gasteiger partial charge in [0.15, 0.2) is 0 Å². The fourth-order valence-corrected chi connectivity index (χ4v) is 1.34. The van der Waals surface area contributed by atoms with Crippen molar-refractivity contribution in [3.63, 3.8) is 0 Å². The van der Waals surface area contributed by atoms with Crippen LogP contribution in [0.2, 0.25) is 0 Å². The second-order valence-corrected chi connectivity index (χ2v) is 3.63. The number of halogens is 2. The molecule has 0 radical (unpaired) electrons. The third-order valence-electron chi connectivity index (χ3n) is 2.26. The third kappa shape index (κ3) is 6.45. The Bertz CT molecular complexity index is 277. The second-order valence-electron chi connectivity index (χ2n) is 3.63. The number of alkyl halides is 2. The zero-order valence-corrected chi connectivity index (χ0v) is 10.4. The first-order valence-corrected chi connectivity index (χ1v) is 5.64. The fraction of sp³-hybridized carbons (Fsp3) is 0.800. The van der Waals surface area contributed by atoms with Crippen molar-refractivity contribution in [3.8, 4) is 0 Å². The van der Waals surface area contributed by atoms with E-state index in [2.05, 4.69) is 5.32 Å². The van der Waals surface area contributed by atoms with E-state index in [4.69, 9.17) is 5.11 Å². The van der Waals surface area contributed by atoms with Crippen molar-refractivity contribution < 1.29 is 23.5 Å². The van der Waals surface area contributed by atoms with Gasteiger partial charge in [-0.15, -0.1) is 0 Å². The number of amides is 3. The van der Waals surface area contributed by atoms with Gasteiger partial charge in [0.1, 0.15) is 0 Å². The maximum Gasteiger partial charge on any atom is 0.321 e. The Morgan fingerprint density at radius 1 is 1.39 bits per heavy atom. The monoisotopic (exact) mass is 267 g/mol. The van der Waals surface area contributed by atoms with Crippen LogP contribution in [0.5, 0.6) is 0 Å². The summed E-state index contributed by atoms with van der Waals surface area (Å²) in [5.74, 6) is -0.685. The summed E-state index contributed by atoms with van der Waals surface area (Å²) in [6.07, 6.45) is -2.61. The number of imide groups is 1. The Morgan fingerprint density at radius 3 is 2.44 bits per heavy atom. The lowest BCUT2D eigenvalue weighted by atomic mass is 10.2. The Hall–Kier alpha value is -1.28. The second kappa shape index (κ2) is 8.76. The summed E-state index contributed by atoms with van der Waals surface area (Å²) in [6, 6.07) is -1.59. The Balaban J connectivity index is 4.40. The SMILES string of the molecule is CCNC(=O)NC(=O)C(C)N(CCO)CC(F)F. The molecular weight excluding hydrogens is 248 g/mol. The lowest BCUT2D eigenvalue weighted by molar-refractivity contribution is -0.125. The number of aliphatic hydroxyl groups is 1. The molecule has 8 heteroatoms. The van der Waals surface area contributed by atoms with Crippen LogP contribution in [0.1, 0.15) is 13.8 Å². The Labute approximate surface area is 104 Å². The summed E-state index contributed by atoms with van der Waals surface area (Å²) in [7, 11) is 0. The zero-order valence-electron chi connectivity index (χ0n) is 10.4. The molecule has 1 unspecified atom stereocenters. The largest absolute Gasteiger partial charge is 0.395 e. The summed E-state index contributed by atoms with van der Waals surface area (Å²) < 4.78 is 24.6. The molecular formula is C10H19F2N3O3. The van der Waals surface area contributed by atoms with Crippen LogP contribution < -0.4 is 10.6 Å². The quantitative estimate of drug-likeness (QED) is 0.595. The lowest BCUT2D eigenvalue weighted by Crippen LogP contribution is -2.51. The number of urea groups is 1. The summed E-state index contributed by atoms with van der Waals surface area (Å²) in [5, 5.41) is 13.1. The molecule has 106 valence electrons. The third-order valence-corrected chi connectivity index (χ3v) is 2.26. The maximum absolute atomic E-state index is 12.3. The Kier molecular flexibility index (Phi) is 8.14. The summed E-state index contributed by atoms with van der Waals surface area (Å²) in [4.78, 5) is 23.8. The minimum absolute atomic E-state index is 0.0612. The average molecular weight is 267 g/mol. The molecule has 0 aliphatic rings. The van der Waals surface area contributed by atoms with Crippen molar-refractivity contribution >= 4 is 11.9 Å². The predicted molar refractivity (Wildman–Crippen MR) is 61.3 cm³/mol. The van der Waals surface area contributed by atoms with E-state index in [0.717, 1.165) is 4.90 Å². The summed E-state index contributed by atoms with van der Waals surface area (Å²) in [6.45, 7) is 2.39. The van der Waals surface area contributed by atoms with Gasteiger partial charge in [0.05, 0.1) is 19.2 Å². The number of hydrogen-bond donors (Lipinski definition) is 3. The molecule has 3 amide bonds. The molecule has 0 aromatic carbocycles. The van der Waals surface area contributed by atoms with E-state index in [1.165, 1.54) is 6.92 Å². The van der Waals surface area contributed by atoms with Gasteiger partial charge in [-0.2, -0.15) is 0 Å². The van der Waals surface area contributed by atoms with Gasteiger partial charge in [-0.25, -0.2) is 13.6 Å². The molecule has 0 aliphatic heterocycles. The molecule has 0 fully saturated rings. The topological polar surface area (TPSA) is 81.7 Å². The molecule has 0 heterocycles. The van der Waals surface area contributed by atoms with Gasteiger partial charge in [-0.3, -0.25) is 15.0 Å². The lowest BCUT2D eigenvalue weighted by Gasteiger charge is -2.26. The van der Waals surface area contributed by atoms with Crippen LogP contribution in [-0.4, -0.2) is 60.7 Å². The van der Waals surface area contributed by atoms with Crippen molar-refractivity contribution in [3.05, 3.63) is 0 Å². The molecule has 0 aromatic rings. The zero-order chi connectivity index (χ0) is 14.1. The van der Waals surface area contributed by atoms with Crippen LogP contribution in [0.25, 0.3) is 0 Å². The molecule has 0 saturated carbocycles. The summed E-state index contributed by atoms with van der Waals surface area (Å²) >= 11 is 0. The van der Waals surface area contributed by atoms with E-state index in [1.54, 1.807) is 6.92 Å². The predicted octanol–water partition coefficient (Wildman–Crippen LogP) is -0.220. The molecule has 0 bridgehead atoms. The van der Waals surface area contributed by atoms with Gasteiger partial charge in [-0.1, -0.05) is 0 Å². The van der Waals surface area contributed by atoms with Crippen LogP contribution >= 0.6 is 0 Å². The molecule has 0 rings (SSSR count). The number of carbonyl (C=O) groups excluding carboxylic acids is 2. The number of hydrogen-bond acceptors (Lipinski definition) is 4. The first-order valence-electron chi connectivity index (χ1n) is 5.64. The van der Waals surface area contributed by atoms with Crippen molar-refractivity contribution in [1.82, 2.24) is 15.5 Å². The first kappa shape index (κ1) is 16.7. The molecule has 6 nitrogen and oxygen atoms in total. The highest BCUT2D eigenvalue weighted by atomic mass is 19.3. The van der Waals surface area contributed by atoms with Gasteiger partial charge >= 0.3 is 6.03 Å². The van der Waals surface area contributed by atoms with E-state index in [-0.39, 0.29) is 13.2 Å². The minimum Gasteiger partial charge on any atom is -0.395 e. The molecule has 0 spiro atoms. The number of rotatable bonds is 7. The van der Waals surface area contributed by atoms with E-state index in [9.17, 15) is 18.4 Å². The normalized spacial score (nSPS) is 12.6. The molecule has 18 heavy (non-hydrogen) atoms. The van der Waals surface area contributed by atoms with E-state index in [0.29, 0.717) is 6.54 Å². The number of nitrogens with one attached hydrogen (secondary N) is 2. The van der Waals surface area contributed by atoms with Crippen molar-refractivity contribution in [1.29, 1.82) is 0 Å². The number of carbonyl (C=O) groups is 2. The van der Waals surface area contributed by atoms with E-state index < -0.39 is 31.0 Å². The van der Waals surface area contributed by atoms with Crippen molar-refractivity contribution in [2.45, 2.75) is 26.3 Å². The number of aliphatic hydroxyl groups excluding tert-OH is 1. The van der Waals surface area contributed by atoms with Crippen LogP contribution in [0, 0.1) is 0 Å². The molecule has 0 aromatic heterocycles. The van der Waals surface area contributed by atoms with Gasteiger partial charge in [0, 0.05) is 13.1 Å². The van der Waals surface area contributed by atoms with Crippen molar-refractivity contribution in [2.75, 3.05) is 26.2 Å². The van der Waals surface area contributed by atoms with Crippen molar-refractivity contribution in [2.24, 2.45) is 0 Å². The standard InChI is InChI=1S/C10H19F2N3O3/c1-3-13-10(18)14-9(17)7(2)15(4-5-16)6-8(11)12/h7-8,16H,3-6H2,1-2H3,(H2,13,14,17,18). The fourth-order valence-electron chi connectivity index (χ4n) is 1.34. The minimum atomic E-state index is -2.61. The van der Waals surface area contributed by atoms with Gasteiger partial charge in [0.25, 0.3) is 6.43 Å². The number of nitrogens with zero attached hydrogens (tertiary/aromatic N) is 1. The van der Waals surface area contributed by atoms with E-state index in [1.807, 2.05) is 5.32 Å². The molecule has 1 atom stereocenters. The van der Waals surface area contributed by atoms with Crippen LogP contribution in [0.4, 0.5) is 13.6 Å². The van der Waals surface area contributed by atoms with Gasteiger partial charge < -0.3 is 10.4 Å². The van der Waals surface area contributed by atoms with Crippen LogP contribution in [0.15, 0.2) is 0 Å². The average Bonchev–Trinajstić information content (AvgIpc) is 2.27.